The van der Waals surface area contributed by atoms with Crippen molar-refractivity contribution >= 4 is 34.4 Å². The van der Waals surface area contributed by atoms with Crippen LogP contribution >= 0.6 is 11.3 Å². The zero-order chi connectivity index (χ0) is 24.4. The minimum absolute atomic E-state index is 0.0247. The van der Waals surface area contributed by atoms with E-state index >= 15 is 0 Å². The molecule has 8 nitrogen and oxygen atoms in total. The number of hydrogen-bond donors (Lipinski definition) is 3. The van der Waals surface area contributed by atoms with Crippen LogP contribution in [0.15, 0.2) is 54.7 Å². The monoisotopic (exact) mass is 491 g/mol. The van der Waals surface area contributed by atoms with Gasteiger partial charge in [-0.05, 0) is 47.9 Å². The quantitative estimate of drug-likeness (QED) is 0.425. The van der Waals surface area contributed by atoms with Crippen LogP contribution < -0.4 is 10.6 Å². The number of thiazole rings is 1. The predicted molar refractivity (Wildman–Crippen MR) is 131 cm³/mol. The van der Waals surface area contributed by atoms with Crippen LogP contribution in [-0.2, 0) is 20.7 Å². The van der Waals surface area contributed by atoms with Crippen molar-refractivity contribution in [2.24, 2.45) is 0 Å². The maximum atomic E-state index is 12.4. The van der Waals surface area contributed by atoms with Gasteiger partial charge in [0, 0.05) is 23.4 Å². The van der Waals surface area contributed by atoms with Gasteiger partial charge in [0.2, 0.25) is 5.91 Å². The molecule has 9 heteroatoms. The lowest BCUT2D eigenvalue weighted by atomic mass is 9.76. The summed E-state index contributed by atoms with van der Waals surface area (Å²) in [5.41, 5.74) is 3.50. The number of aromatic nitrogens is 1. The molecule has 0 spiro atoms. The molecule has 3 N–H and O–H groups in total. The van der Waals surface area contributed by atoms with Crippen molar-refractivity contribution in [2.75, 3.05) is 11.9 Å². The molecule has 2 amide bonds. The molecule has 5 rings (SSSR count). The lowest BCUT2D eigenvalue weighted by Crippen LogP contribution is -2.59. The highest BCUT2D eigenvalue weighted by Crippen LogP contribution is 2.44. The molecule has 0 bridgehead atoms. The number of carboxylic acids is 1. The second-order valence-electron chi connectivity index (χ2n) is 8.87. The number of nitrogens with one attached hydrogen (secondary N) is 2. The minimum Gasteiger partial charge on any atom is -0.480 e. The van der Waals surface area contributed by atoms with Gasteiger partial charge in [0.05, 0.1) is 0 Å². The number of anilines is 1. The van der Waals surface area contributed by atoms with E-state index in [1.807, 2.05) is 24.3 Å². The zero-order valence-electron chi connectivity index (χ0n) is 19.0. The Bertz CT molecular complexity index is 1240. The van der Waals surface area contributed by atoms with Gasteiger partial charge in [-0.25, -0.2) is 14.6 Å². The van der Waals surface area contributed by atoms with E-state index in [-0.39, 0.29) is 24.9 Å². The molecular formula is C26H25N3O5S. The summed E-state index contributed by atoms with van der Waals surface area (Å²) in [6, 6.07) is 16.3. The smallest absolute Gasteiger partial charge is 0.413 e. The Morgan fingerprint density at radius 3 is 2.31 bits per heavy atom. The third kappa shape index (κ3) is 4.64. The molecule has 2 aromatic carbocycles. The van der Waals surface area contributed by atoms with Crippen molar-refractivity contribution in [3.05, 3.63) is 70.7 Å². The van der Waals surface area contributed by atoms with Crippen molar-refractivity contribution in [3.8, 4) is 11.1 Å². The Hall–Kier alpha value is -3.72. The van der Waals surface area contributed by atoms with E-state index in [0.717, 1.165) is 33.6 Å². The number of nitrogens with zero attached hydrogens (tertiary/aromatic N) is 1. The Labute approximate surface area is 206 Å². The lowest BCUT2D eigenvalue weighted by molar-refractivity contribution is -0.151. The van der Waals surface area contributed by atoms with Crippen LogP contribution in [0.5, 0.6) is 0 Å². The molecule has 0 saturated heterocycles. The first-order chi connectivity index (χ1) is 16.9. The third-order valence-electron chi connectivity index (χ3n) is 6.70. The molecule has 1 fully saturated rings. The highest BCUT2D eigenvalue weighted by molar-refractivity contribution is 7.15. The first-order valence-electron chi connectivity index (χ1n) is 11.6. The van der Waals surface area contributed by atoms with Crippen molar-refractivity contribution in [2.45, 2.75) is 43.6 Å². The third-order valence-corrected chi connectivity index (χ3v) is 7.67. The number of fused-ring (bicyclic) bond motifs is 3. The van der Waals surface area contributed by atoms with Gasteiger partial charge in [-0.15, -0.1) is 11.3 Å². The van der Waals surface area contributed by atoms with Gasteiger partial charge in [-0.2, -0.15) is 0 Å². The number of amides is 2. The molecule has 180 valence electrons. The van der Waals surface area contributed by atoms with Gasteiger partial charge in [0.1, 0.15) is 12.1 Å². The number of benzene rings is 2. The van der Waals surface area contributed by atoms with Gasteiger partial charge in [-0.1, -0.05) is 48.5 Å². The van der Waals surface area contributed by atoms with Gasteiger partial charge in [0.15, 0.2) is 5.13 Å². The van der Waals surface area contributed by atoms with Crippen molar-refractivity contribution in [1.29, 1.82) is 0 Å². The summed E-state index contributed by atoms with van der Waals surface area (Å²) in [5.74, 6) is -1.31. The number of aliphatic carboxylic acids is 1. The molecule has 0 radical (unpaired) electrons. The molecule has 1 heterocycles. The zero-order valence-corrected chi connectivity index (χ0v) is 19.8. The molecule has 3 aromatic rings. The first-order valence-corrected chi connectivity index (χ1v) is 12.4. The molecular weight excluding hydrogens is 466 g/mol. The standard InChI is InChI=1S/C26H25N3O5S/c30-22(29-26(23(31)32)12-5-13-26)11-10-16-14-27-24(35-16)28-25(33)34-15-21-19-8-3-1-6-17(19)18-7-2-4-9-20(18)21/h1-4,6-9,14,21H,5,10-13,15H2,(H,29,30)(H,31,32)(H,27,28,33). The molecule has 0 unspecified atom stereocenters. The van der Waals surface area contributed by atoms with E-state index in [4.69, 9.17) is 4.74 Å². The Kier molecular flexibility index (Phi) is 6.25. The molecule has 35 heavy (non-hydrogen) atoms. The summed E-state index contributed by atoms with van der Waals surface area (Å²) < 4.78 is 5.54. The summed E-state index contributed by atoms with van der Waals surface area (Å²) in [6.07, 6.45) is 3.30. The molecule has 1 aromatic heterocycles. The lowest BCUT2D eigenvalue weighted by Gasteiger charge is -2.38. The Morgan fingerprint density at radius 1 is 1.06 bits per heavy atom. The normalized spacial score (nSPS) is 15.4. The van der Waals surface area contributed by atoms with E-state index in [2.05, 4.69) is 39.9 Å². The molecule has 0 aliphatic heterocycles. The fourth-order valence-electron chi connectivity index (χ4n) is 4.69. The highest BCUT2D eigenvalue weighted by atomic mass is 32.1. The minimum atomic E-state index is -1.11. The largest absolute Gasteiger partial charge is 0.480 e. The average molecular weight is 492 g/mol. The van der Waals surface area contributed by atoms with Crippen LogP contribution in [0.4, 0.5) is 9.93 Å². The molecule has 2 aliphatic rings. The predicted octanol–water partition coefficient (Wildman–Crippen LogP) is 4.56. The summed E-state index contributed by atoms with van der Waals surface area (Å²) in [7, 11) is 0. The number of aryl methyl sites for hydroxylation is 1. The fourth-order valence-corrected chi connectivity index (χ4v) is 5.49. The van der Waals surface area contributed by atoms with E-state index < -0.39 is 17.6 Å². The van der Waals surface area contributed by atoms with Gasteiger partial charge < -0.3 is 15.2 Å². The second-order valence-corrected chi connectivity index (χ2v) is 9.99. The summed E-state index contributed by atoms with van der Waals surface area (Å²) in [4.78, 5) is 41.1. The fraction of sp³-hybridized carbons (Fsp3) is 0.308. The van der Waals surface area contributed by atoms with E-state index in [1.54, 1.807) is 6.20 Å². The van der Waals surface area contributed by atoms with Gasteiger partial charge in [0.25, 0.3) is 0 Å². The number of hydrogen-bond acceptors (Lipinski definition) is 6. The number of rotatable bonds is 8. The number of carbonyl (C=O) groups excluding carboxylic acids is 2. The topological polar surface area (TPSA) is 118 Å². The van der Waals surface area contributed by atoms with Crippen molar-refractivity contribution in [1.82, 2.24) is 10.3 Å². The Morgan fingerprint density at radius 2 is 1.71 bits per heavy atom. The summed E-state index contributed by atoms with van der Waals surface area (Å²) in [5, 5.41) is 15.0. The molecule has 0 atom stereocenters. The maximum Gasteiger partial charge on any atom is 0.413 e. The van der Waals surface area contributed by atoms with E-state index in [9.17, 15) is 19.5 Å². The highest BCUT2D eigenvalue weighted by Gasteiger charge is 2.45. The van der Waals surface area contributed by atoms with Crippen LogP contribution in [0.1, 0.15) is 47.6 Å². The summed E-state index contributed by atoms with van der Waals surface area (Å²) in [6.45, 7) is 0.212. The van der Waals surface area contributed by atoms with Crippen LogP contribution in [0.2, 0.25) is 0 Å². The number of carbonyl (C=O) groups is 3. The second kappa shape index (κ2) is 9.50. The molecule has 1 saturated carbocycles. The van der Waals surface area contributed by atoms with Crippen molar-refractivity contribution in [3.63, 3.8) is 0 Å². The van der Waals surface area contributed by atoms with Gasteiger partial charge >= 0.3 is 12.1 Å². The number of ether oxygens (including phenoxy) is 1. The van der Waals surface area contributed by atoms with Crippen LogP contribution in [0.25, 0.3) is 11.1 Å². The molecule has 2 aliphatic carbocycles. The van der Waals surface area contributed by atoms with Crippen LogP contribution in [-0.4, -0.2) is 40.2 Å². The average Bonchev–Trinajstić information content (AvgIpc) is 3.40. The van der Waals surface area contributed by atoms with Crippen LogP contribution in [0, 0.1) is 0 Å². The van der Waals surface area contributed by atoms with E-state index in [0.29, 0.717) is 24.4 Å². The van der Waals surface area contributed by atoms with Crippen LogP contribution in [0.3, 0.4) is 0 Å². The SMILES string of the molecule is O=C(CCc1cnc(NC(=O)OCC2c3ccccc3-c3ccccc32)s1)NC1(C(=O)O)CCC1. The van der Waals surface area contributed by atoms with Gasteiger partial charge in [-0.3, -0.25) is 10.1 Å². The number of carboxylic acid groups (broad SMARTS) is 1. The van der Waals surface area contributed by atoms with Crippen molar-refractivity contribution < 1.29 is 24.2 Å². The first kappa shape index (κ1) is 23.0. The summed E-state index contributed by atoms with van der Waals surface area (Å²) >= 11 is 1.26. The Balaban J connectivity index is 1.13. The van der Waals surface area contributed by atoms with E-state index in [1.165, 1.54) is 11.3 Å². The maximum absolute atomic E-state index is 12.4.